The lowest BCUT2D eigenvalue weighted by Gasteiger charge is -2.19. The summed E-state index contributed by atoms with van der Waals surface area (Å²) in [5.41, 5.74) is -0.725. The van der Waals surface area contributed by atoms with Crippen LogP contribution in [0.5, 0.6) is 0 Å². The van der Waals surface area contributed by atoms with Crippen molar-refractivity contribution in [2.24, 2.45) is 0 Å². The fourth-order valence-corrected chi connectivity index (χ4v) is 1.44. The average molecular weight is 324 g/mol. The van der Waals surface area contributed by atoms with Crippen molar-refractivity contribution in [3.8, 4) is 0 Å². The van der Waals surface area contributed by atoms with E-state index in [1.165, 1.54) is 12.1 Å². The molecule has 0 radical (unpaired) electrons. The van der Waals surface area contributed by atoms with Gasteiger partial charge in [-0.05, 0) is 39.8 Å². The summed E-state index contributed by atoms with van der Waals surface area (Å²) in [5, 5.41) is 14.2. The van der Waals surface area contributed by atoms with Crippen LogP contribution in [0.2, 0.25) is 0 Å². The van der Waals surface area contributed by atoms with Gasteiger partial charge in [0, 0.05) is 6.54 Å². The zero-order chi connectivity index (χ0) is 17.6. The van der Waals surface area contributed by atoms with Gasteiger partial charge in [-0.25, -0.2) is 4.79 Å². The van der Waals surface area contributed by atoms with Crippen molar-refractivity contribution >= 4 is 23.9 Å². The number of guanidine groups is 1. The first-order valence-electron chi connectivity index (χ1n) is 6.90. The molecule has 0 aliphatic carbocycles. The fraction of sp³-hybridized carbons (Fsp3) is 0.429. The summed E-state index contributed by atoms with van der Waals surface area (Å²) in [5.74, 6) is -1.99. The lowest BCUT2D eigenvalue weighted by Crippen LogP contribution is -2.45. The second-order valence-electron chi connectivity index (χ2n) is 5.48. The molecule has 0 aliphatic heterocycles. The molecule has 0 aliphatic rings. The predicted octanol–water partition coefficient (Wildman–Crippen LogP) is 1.22. The van der Waals surface area contributed by atoms with Crippen molar-refractivity contribution in [1.82, 2.24) is 16.0 Å². The van der Waals surface area contributed by atoms with Gasteiger partial charge in [0.15, 0.2) is 11.5 Å². The number of carbonyl (C=O) groups excluding carboxylic acids is 3. The number of amides is 3. The van der Waals surface area contributed by atoms with Crippen molar-refractivity contribution < 1.29 is 23.5 Å². The molecule has 126 valence electrons. The summed E-state index contributed by atoms with van der Waals surface area (Å²) in [6.45, 7) is 7.17. The first kappa shape index (κ1) is 18.2. The van der Waals surface area contributed by atoms with E-state index >= 15 is 0 Å². The van der Waals surface area contributed by atoms with Crippen molar-refractivity contribution in [1.29, 1.82) is 5.41 Å². The highest BCUT2D eigenvalue weighted by Gasteiger charge is 2.19. The van der Waals surface area contributed by atoms with E-state index in [9.17, 15) is 14.4 Å². The number of hydrogen-bond donors (Lipinski definition) is 4. The Morgan fingerprint density at radius 2 is 1.70 bits per heavy atom. The van der Waals surface area contributed by atoms with E-state index in [-0.39, 0.29) is 11.5 Å². The number of carbonyl (C=O) groups is 3. The molecule has 4 N–H and O–H groups in total. The van der Waals surface area contributed by atoms with Gasteiger partial charge in [0.1, 0.15) is 5.60 Å². The quantitative estimate of drug-likeness (QED) is 0.490. The Morgan fingerprint density at radius 3 is 2.22 bits per heavy atom. The van der Waals surface area contributed by atoms with E-state index in [4.69, 9.17) is 14.6 Å². The van der Waals surface area contributed by atoms with Gasteiger partial charge in [0.2, 0.25) is 5.96 Å². The van der Waals surface area contributed by atoms with Gasteiger partial charge in [0.25, 0.3) is 11.8 Å². The maximum Gasteiger partial charge on any atom is 0.414 e. The predicted molar refractivity (Wildman–Crippen MR) is 81.3 cm³/mol. The minimum absolute atomic E-state index is 0.0244. The lowest BCUT2D eigenvalue weighted by atomic mass is 10.2. The van der Waals surface area contributed by atoms with Gasteiger partial charge in [-0.15, -0.1) is 0 Å². The molecule has 0 aromatic carbocycles. The molecule has 0 unspecified atom stereocenters. The smallest absolute Gasteiger partial charge is 0.414 e. The van der Waals surface area contributed by atoms with Crippen LogP contribution in [0.3, 0.4) is 0 Å². The number of ether oxygens (including phenoxy) is 1. The third kappa shape index (κ3) is 6.20. The van der Waals surface area contributed by atoms with E-state index in [0.717, 1.165) is 0 Å². The molecule has 1 aromatic heterocycles. The van der Waals surface area contributed by atoms with Crippen molar-refractivity contribution in [3.05, 3.63) is 23.7 Å². The standard InChI is InChI=1S/C14H20N4O5/c1-5-16-10(19)8-6-7-9(22-8)11(20)17-12(15)18-13(21)23-14(2,3)4/h6-7H,5H2,1-4H3,(H,16,19)(H3,15,17,18,20,21). The minimum Gasteiger partial charge on any atom is -0.446 e. The maximum atomic E-state index is 11.8. The fourth-order valence-electron chi connectivity index (χ4n) is 1.44. The van der Waals surface area contributed by atoms with E-state index < -0.39 is 29.5 Å². The maximum absolute atomic E-state index is 11.8. The van der Waals surface area contributed by atoms with E-state index in [1.54, 1.807) is 27.7 Å². The molecule has 9 heteroatoms. The van der Waals surface area contributed by atoms with Gasteiger partial charge in [0.05, 0.1) is 0 Å². The van der Waals surface area contributed by atoms with Crippen LogP contribution in [0.15, 0.2) is 16.5 Å². The zero-order valence-electron chi connectivity index (χ0n) is 13.4. The van der Waals surface area contributed by atoms with Crippen molar-refractivity contribution in [3.63, 3.8) is 0 Å². The summed E-state index contributed by atoms with van der Waals surface area (Å²) in [4.78, 5) is 34.8. The number of hydrogen-bond acceptors (Lipinski definition) is 6. The SMILES string of the molecule is CCNC(=O)c1ccc(C(=O)NC(=N)NC(=O)OC(C)(C)C)o1. The Labute approximate surface area is 133 Å². The molecular weight excluding hydrogens is 304 g/mol. The van der Waals surface area contributed by atoms with Gasteiger partial charge in [-0.1, -0.05) is 0 Å². The van der Waals surface area contributed by atoms with E-state index in [0.29, 0.717) is 6.54 Å². The van der Waals surface area contributed by atoms with Crippen LogP contribution >= 0.6 is 0 Å². The first-order chi connectivity index (χ1) is 10.6. The summed E-state index contributed by atoms with van der Waals surface area (Å²) >= 11 is 0. The van der Waals surface area contributed by atoms with Crippen LogP contribution in [0.25, 0.3) is 0 Å². The summed E-state index contributed by atoms with van der Waals surface area (Å²) in [6.07, 6.45) is -0.870. The first-order valence-corrected chi connectivity index (χ1v) is 6.90. The Kier molecular flexibility index (Phi) is 5.88. The topological polar surface area (TPSA) is 134 Å². The Hall–Kier alpha value is -2.84. The molecule has 1 heterocycles. The van der Waals surface area contributed by atoms with Crippen LogP contribution in [-0.4, -0.2) is 36.0 Å². The highest BCUT2D eigenvalue weighted by atomic mass is 16.6. The van der Waals surface area contributed by atoms with Crippen molar-refractivity contribution in [2.75, 3.05) is 6.54 Å². The van der Waals surface area contributed by atoms with Gasteiger partial charge < -0.3 is 14.5 Å². The van der Waals surface area contributed by atoms with Crippen LogP contribution < -0.4 is 16.0 Å². The molecule has 0 atom stereocenters. The van der Waals surface area contributed by atoms with E-state index in [2.05, 4.69) is 16.0 Å². The lowest BCUT2D eigenvalue weighted by molar-refractivity contribution is 0.0561. The highest BCUT2D eigenvalue weighted by Crippen LogP contribution is 2.08. The number of furan rings is 1. The molecule has 0 bridgehead atoms. The third-order valence-electron chi connectivity index (χ3n) is 2.26. The molecule has 0 spiro atoms. The summed E-state index contributed by atoms with van der Waals surface area (Å²) in [7, 11) is 0. The molecule has 3 amide bonds. The monoisotopic (exact) mass is 324 g/mol. The van der Waals surface area contributed by atoms with Crippen LogP contribution in [0.4, 0.5) is 4.79 Å². The van der Waals surface area contributed by atoms with Crippen molar-refractivity contribution in [2.45, 2.75) is 33.3 Å². The second-order valence-corrected chi connectivity index (χ2v) is 5.48. The summed E-state index contributed by atoms with van der Waals surface area (Å²) in [6, 6.07) is 2.63. The Bertz CT molecular complexity index is 615. The normalized spacial score (nSPS) is 10.6. The number of rotatable bonds is 3. The summed E-state index contributed by atoms with van der Waals surface area (Å²) < 4.78 is 10.0. The minimum atomic E-state index is -0.870. The van der Waals surface area contributed by atoms with Gasteiger partial charge in [-0.3, -0.25) is 25.6 Å². The number of alkyl carbamates (subject to hydrolysis) is 1. The van der Waals surface area contributed by atoms with Crippen LogP contribution in [0.1, 0.15) is 48.8 Å². The molecule has 1 rings (SSSR count). The molecule has 23 heavy (non-hydrogen) atoms. The zero-order valence-corrected chi connectivity index (χ0v) is 13.4. The van der Waals surface area contributed by atoms with Gasteiger partial charge >= 0.3 is 6.09 Å². The van der Waals surface area contributed by atoms with Crippen LogP contribution in [-0.2, 0) is 4.74 Å². The highest BCUT2D eigenvalue weighted by molar-refractivity contribution is 6.07. The average Bonchev–Trinajstić information content (AvgIpc) is 2.85. The molecule has 9 nitrogen and oxygen atoms in total. The Morgan fingerprint density at radius 1 is 1.13 bits per heavy atom. The number of nitrogens with one attached hydrogen (secondary N) is 4. The third-order valence-corrected chi connectivity index (χ3v) is 2.26. The molecule has 0 saturated heterocycles. The molecule has 0 saturated carbocycles. The molecule has 1 aromatic rings. The largest absolute Gasteiger partial charge is 0.446 e. The molecule has 0 fully saturated rings. The molecular formula is C14H20N4O5. The Balaban J connectivity index is 2.57. The van der Waals surface area contributed by atoms with Gasteiger partial charge in [-0.2, -0.15) is 0 Å². The van der Waals surface area contributed by atoms with Crippen LogP contribution in [0, 0.1) is 5.41 Å². The second kappa shape index (κ2) is 7.43. The van der Waals surface area contributed by atoms with E-state index in [1.807, 2.05) is 0 Å².